The third-order valence-corrected chi connectivity index (χ3v) is 3.56. The zero-order chi connectivity index (χ0) is 13.8. The van der Waals surface area contributed by atoms with Crippen molar-refractivity contribution in [2.75, 3.05) is 30.3 Å². The van der Waals surface area contributed by atoms with Gasteiger partial charge in [-0.25, -0.2) is 0 Å². The molecule has 2 rings (SSSR count). The zero-order valence-electron chi connectivity index (χ0n) is 11.3. The fraction of sp³-hybridized carbons (Fsp3) is 0.500. The zero-order valence-corrected chi connectivity index (χ0v) is 11.3. The number of benzene rings is 1. The van der Waals surface area contributed by atoms with E-state index in [4.69, 9.17) is 16.2 Å². The molecule has 1 saturated heterocycles. The minimum atomic E-state index is -0.188. The Bertz CT molecular complexity index is 454. The predicted molar refractivity (Wildman–Crippen MR) is 76.2 cm³/mol. The number of hydrogen-bond acceptors (Lipinski definition) is 4. The van der Waals surface area contributed by atoms with Gasteiger partial charge in [0.05, 0.1) is 12.3 Å². The van der Waals surface area contributed by atoms with Gasteiger partial charge in [0.2, 0.25) is 5.91 Å². The number of rotatable bonds is 4. The number of nitrogens with two attached hydrogens (primary N) is 2. The topological polar surface area (TPSA) is 81.6 Å². The second-order valence-corrected chi connectivity index (χ2v) is 4.82. The maximum absolute atomic E-state index is 11.1. The van der Waals surface area contributed by atoms with Crippen molar-refractivity contribution >= 4 is 17.3 Å². The van der Waals surface area contributed by atoms with Crippen LogP contribution in [0.2, 0.25) is 0 Å². The maximum atomic E-state index is 11.1. The molecule has 0 aliphatic carbocycles. The van der Waals surface area contributed by atoms with E-state index in [1.54, 1.807) is 0 Å². The van der Waals surface area contributed by atoms with Crippen LogP contribution in [0.5, 0.6) is 5.75 Å². The van der Waals surface area contributed by atoms with Crippen LogP contribution < -0.4 is 21.1 Å². The maximum Gasteiger partial charge on any atom is 0.220 e. The number of hydrogen-bond donors (Lipinski definition) is 2. The lowest BCUT2D eigenvalue weighted by Gasteiger charge is -2.32. The van der Waals surface area contributed by atoms with Crippen molar-refractivity contribution in [1.82, 2.24) is 0 Å². The van der Waals surface area contributed by atoms with E-state index in [0.29, 0.717) is 12.3 Å². The summed E-state index contributed by atoms with van der Waals surface area (Å²) < 4.78 is 5.50. The van der Waals surface area contributed by atoms with Crippen LogP contribution in [-0.2, 0) is 4.79 Å². The van der Waals surface area contributed by atoms with Crippen molar-refractivity contribution in [2.24, 2.45) is 11.7 Å². The molecule has 4 N–H and O–H groups in total. The van der Waals surface area contributed by atoms with Crippen molar-refractivity contribution in [3.05, 3.63) is 18.2 Å². The number of nitrogen functional groups attached to an aromatic ring is 1. The van der Waals surface area contributed by atoms with Gasteiger partial charge in [-0.2, -0.15) is 0 Å². The Morgan fingerprint density at radius 1 is 1.42 bits per heavy atom. The highest BCUT2D eigenvalue weighted by atomic mass is 16.5. The van der Waals surface area contributed by atoms with E-state index in [2.05, 4.69) is 4.90 Å². The monoisotopic (exact) mass is 263 g/mol. The molecule has 1 aliphatic rings. The fourth-order valence-corrected chi connectivity index (χ4v) is 2.42. The molecule has 0 bridgehead atoms. The fourth-order valence-electron chi connectivity index (χ4n) is 2.42. The van der Waals surface area contributed by atoms with E-state index in [1.807, 2.05) is 25.1 Å². The normalized spacial score (nSPS) is 16.4. The highest BCUT2D eigenvalue weighted by molar-refractivity contribution is 5.77. The summed E-state index contributed by atoms with van der Waals surface area (Å²) in [7, 11) is 0. The predicted octanol–water partition coefficient (Wildman–Crippen LogP) is 1.37. The van der Waals surface area contributed by atoms with Crippen molar-refractivity contribution in [2.45, 2.75) is 19.8 Å². The Balaban J connectivity index is 2.07. The number of amides is 1. The quantitative estimate of drug-likeness (QED) is 0.804. The van der Waals surface area contributed by atoms with E-state index < -0.39 is 0 Å². The number of primary amides is 1. The summed E-state index contributed by atoms with van der Waals surface area (Å²) in [5, 5.41) is 0. The van der Waals surface area contributed by atoms with E-state index in [1.165, 1.54) is 0 Å². The minimum Gasteiger partial charge on any atom is -0.492 e. The van der Waals surface area contributed by atoms with Gasteiger partial charge in [-0.15, -0.1) is 0 Å². The Labute approximate surface area is 113 Å². The number of carbonyl (C=O) groups excluding carboxylic acids is 1. The molecule has 5 heteroatoms. The number of anilines is 2. The SMILES string of the molecule is CCOc1cc(N2CCC(C(N)=O)CC2)ccc1N. The molecule has 0 atom stereocenters. The lowest BCUT2D eigenvalue weighted by atomic mass is 9.96. The molecule has 0 spiro atoms. The lowest BCUT2D eigenvalue weighted by Crippen LogP contribution is -2.38. The van der Waals surface area contributed by atoms with Crippen LogP contribution in [-0.4, -0.2) is 25.6 Å². The van der Waals surface area contributed by atoms with Gasteiger partial charge in [0, 0.05) is 30.8 Å². The molecule has 1 amide bonds. The third-order valence-electron chi connectivity index (χ3n) is 3.56. The van der Waals surface area contributed by atoms with Gasteiger partial charge in [0.25, 0.3) is 0 Å². The van der Waals surface area contributed by atoms with Crippen LogP contribution >= 0.6 is 0 Å². The van der Waals surface area contributed by atoms with Crippen LogP contribution in [0.4, 0.5) is 11.4 Å². The molecule has 104 valence electrons. The van der Waals surface area contributed by atoms with Gasteiger partial charge in [0.1, 0.15) is 5.75 Å². The summed E-state index contributed by atoms with van der Waals surface area (Å²) in [5.74, 6) is 0.542. The Hall–Kier alpha value is -1.91. The number of ether oxygens (including phenoxy) is 1. The number of carbonyl (C=O) groups is 1. The van der Waals surface area contributed by atoms with Gasteiger partial charge in [-0.05, 0) is 31.9 Å². The first-order valence-electron chi connectivity index (χ1n) is 6.68. The van der Waals surface area contributed by atoms with E-state index in [-0.39, 0.29) is 11.8 Å². The molecule has 1 fully saturated rings. The summed E-state index contributed by atoms with van der Waals surface area (Å²) in [4.78, 5) is 13.4. The molecule has 5 nitrogen and oxygen atoms in total. The number of nitrogens with zero attached hydrogens (tertiary/aromatic N) is 1. The van der Waals surface area contributed by atoms with Gasteiger partial charge in [-0.1, -0.05) is 0 Å². The summed E-state index contributed by atoms with van der Waals surface area (Å²) in [6.07, 6.45) is 1.62. The third kappa shape index (κ3) is 3.10. The van der Waals surface area contributed by atoms with Crippen molar-refractivity contribution in [3.8, 4) is 5.75 Å². The van der Waals surface area contributed by atoms with Crippen LogP contribution in [0.25, 0.3) is 0 Å². The second-order valence-electron chi connectivity index (χ2n) is 4.82. The molecule has 19 heavy (non-hydrogen) atoms. The minimum absolute atomic E-state index is 0.0105. The van der Waals surface area contributed by atoms with E-state index in [9.17, 15) is 4.79 Å². The molecule has 1 aliphatic heterocycles. The molecule has 0 aromatic heterocycles. The van der Waals surface area contributed by atoms with Crippen molar-refractivity contribution in [1.29, 1.82) is 0 Å². The second kappa shape index (κ2) is 5.82. The van der Waals surface area contributed by atoms with Gasteiger partial charge < -0.3 is 21.1 Å². The largest absolute Gasteiger partial charge is 0.492 e. The van der Waals surface area contributed by atoms with Crippen LogP contribution in [0, 0.1) is 5.92 Å². The molecule has 0 unspecified atom stereocenters. The molecule has 0 saturated carbocycles. The average Bonchev–Trinajstić information content (AvgIpc) is 2.41. The smallest absolute Gasteiger partial charge is 0.220 e. The summed E-state index contributed by atoms with van der Waals surface area (Å²) in [6, 6.07) is 5.81. The summed E-state index contributed by atoms with van der Waals surface area (Å²) in [6.45, 7) is 4.20. The van der Waals surface area contributed by atoms with Gasteiger partial charge in [0.15, 0.2) is 0 Å². The first kappa shape index (κ1) is 13.5. The molecule has 0 radical (unpaired) electrons. The van der Waals surface area contributed by atoms with E-state index in [0.717, 1.165) is 37.4 Å². The highest BCUT2D eigenvalue weighted by Gasteiger charge is 2.23. The standard InChI is InChI=1S/C14H21N3O2/c1-2-19-13-9-11(3-4-12(13)15)17-7-5-10(6-8-17)14(16)18/h3-4,9-10H,2,5-8,15H2,1H3,(H2,16,18). The molecule has 1 heterocycles. The lowest BCUT2D eigenvalue weighted by molar-refractivity contribution is -0.122. The van der Waals surface area contributed by atoms with Crippen LogP contribution in [0.15, 0.2) is 18.2 Å². The Morgan fingerprint density at radius 3 is 2.68 bits per heavy atom. The van der Waals surface area contributed by atoms with Crippen LogP contribution in [0.1, 0.15) is 19.8 Å². The van der Waals surface area contributed by atoms with Gasteiger partial charge >= 0.3 is 0 Å². The van der Waals surface area contributed by atoms with Crippen molar-refractivity contribution in [3.63, 3.8) is 0 Å². The van der Waals surface area contributed by atoms with E-state index >= 15 is 0 Å². The molecular weight excluding hydrogens is 242 g/mol. The highest BCUT2D eigenvalue weighted by Crippen LogP contribution is 2.30. The Kier molecular flexibility index (Phi) is 4.14. The molecule has 1 aromatic rings. The first-order chi connectivity index (χ1) is 9.11. The summed E-state index contributed by atoms with van der Waals surface area (Å²) >= 11 is 0. The van der Waals surface area contributed by atoms with Crippen LogP contribution in [0.3, 0.4) is 0 Å². The number of piperidine rings is 1. The Morgan fingerprint density at radius 2 is 2.11 bits per heavy atom. The van der Waals surface area contributed by atoms with Gasteiger partial charge in [-0.3, -0.25) is 4.79 Å². The average molecular weight is 263 g/mol. The van der Waals surface area contributed by atoms with Crippen molar-refractivity contribution < 1.29 is 9.53 Å². The first-order valence-corrected chi connectivity index (χ1v) is 6.68. The molecular formula is C14H21N3O2. The molecule has 1 aromatic carbocycles. The summed E-state index contributed by atoms with van der Waals surface area (Å²) in [5.41, 5.74) is 12.9.